The van der Waals surface area contributed by atoms with Gasteiger partial charge < -0.3 is 29.9 Å². The molecular weight excluding hydrogens is 536 g/mol. The minimum absolute atomic E-state index is 0.261. The molecule has 0 unspecified atom stereocenters. The summed E-state index contributed by atoms with van der Waals surface area (Å²) >= 11 is 0. The number of ether oxygens (including phenoxy) is 2. The molecule has 0 bridgehead atoms. The third kappa shape index (κ3) is 4.34. The van der Waals surface area contributed by atoms with Crippen molar-refractivity contribution in [2.45, 2.75) is 127 Å². The molecule has 10 atom stereocenters. The molecule has 0 aromatic heterocycles. The van der Waals surface area contributed by atoms with Crippen LogP contribution in [0.25, 0.3) is 0 Å². The van der Waals surface area contributed by atoms with E-state index in [1.807, 2.05) is 26.8 Å². The lowest BCUT2D eigenvalue weighted by Gasteiger charge is -2.51. The lowest BCUT2D eigenvalue weighted by Crippen LogP contribution is -2.65. The van der Waals surface area contributed by atoms with Gasteiger partial charge in [0.25, 0.3) is 0 Å². The van der Waals surface area contributed by atoms with Gasteiger partial charge in [-0.25, -0.2) is 4.79 Å². The van der Waals surface area contributed by atoms with E-state index >= 15 is 0 Å². The number of unbranched alkanes of at least 4 members (excludes halogenated alkanes) is 7. The van der Waals surface area contributed by atoms with E-state index in [1.54, 1.807) is 19.1 Å². The highest BCUT2D eigenvalue weighted by Crippen LogP contribution is 2.79. The second-order valence-corrected chi connectivity index (χ2v) is 14.3. The quantitative estimate of drug-likeness (QED) is 0.0888. The summed E-state index contributed by atoms with van der Waals surface area (Å²) in [6.07, 6.45) is 16.2. The highest BCUT2D eigenvalue weighted by molar-refractivity contribution is 6.05. The number of hydrogen-bond donors (Lipinski definition) is 4. The number of rotatable bonds is 12. The highest BCUT2D eigenvalue weighted by Gasteiger charge is 2.90. The first-order valence-electron chi connectivity index (χ1n) is 16.0. The number of hydrogen-bond acceptors (Lipinski definition) is 8. The van der Waals surface area contributed by atoms with Crippen LogP contribution in [0.3, 0.4) is 0 Å². The van der Waals surface area contributed by atoms with Crippen molar-refractivity contribution in [3.8, 4) is 0 Å². The van der Waals surface area contributed by atoms with Crippen molar-refractivity contribution >= 4 is 11.8 Å². The Morgan fingerprint density at radius 3 is 2.45 bits per heavy atom. The van der Waals surface area contributed by atoms with E-state index in [9.17, 15) is 30.0 Å². The fraction of sp³-hybridized carbons (Fsp3) is 0.765. The van der Waals surface area contributed by atoms with Gasteiger partial charge >= 0.3 is 5.97 Å². The molecule has 5 rings (SSSR count). The van der Waals surface area contributed by atoms with Gasteiger partial charge in [-0.2, -0.15) is 0 Å². The maximum Gasteiger partial charge on any atom is 0.331 e. The largest absolute Gasteiger partial charge is 0.455 e. The van der Waals surface area contributed by atoms with E-state index < -0.39 is 76.1 Å². The third-order valence-corrected chi connectivity index (χ3v) is 11.7. The van der Waals surface area contributed by atoms with E-state index in [4.69, 9.17) is 9.47 Å². The van der Waals surface area contributed by atoms with Gasteiger partial charge in [-0.1, -0.05) is 90.5 Å². The van der Waals surface area contributed by atoms with Gasteiger partial charge in [-0.05, 0) is 37.7 Å². The zero-order valence-corrected chi connectivity index (χ0v) is 25.8. The molecule has 3 saturated carbocycles. The summed E-state index contributed by atoms with van der Waals surface area (Å²) in [5.41, 5.74) is -6.72. The number of epoxide rings is 1. The Kier molecular flexibility index (Phi) is 8.23. The summed E-state index contributed by atoms with van der Waals surface area (Å²) < 4.78 is 12.2. The number of ketones is 1. The maximum absolute atomic E-state index is 13.2. The van der Waals surface area contributed by atoms with Crippen LogP contribution in [0.5, 0.6) is 0 Å². The highest BCUT2D eigenvalue weighted by atomic mass is 16.6. The van der Waals surface area contributed by atoms with E-state index in [0.717, 1.165) is 12.8 Å². The molecule has 234 valence electrons. The topological polar surface area (TPSA) is 137 Å². The number of aliphatic hydroxyl groups is 4. The van der Waals surface area contributed by atoms with Crippen molar-refractivity contribution in [1.82, 2.24) is 0 Å². The van der Waals surface area contributed by atoms with Crippen LogP contribution in [0, 0.1) is 29.1 Å². The fourth-order valence-electron chi connectivity index (χ4n) is 9.18. The molecule has 1 aliphatic heterocycles. The molecule has 5 aliphatic rings. The SMILES string of the molecule is CCCCCCCCCC=CC=CC(=O)O[C@@]12C[C@@H](C)[C@@]3(O)[C@H]([C@@H]1C2(C)C)[C@@H]1O[C@]1(CO)[C@@H](O)[C@]1(O)C(=O)C(C)=C[C@H]13. The summed E-state index contributed by atoms with van der Waals surface area (Å²) in [5, 5.41) is 46.1. The Morgan fingerprint density at radius 2 is 1.79 bits per heavy atom. The molecule has 0 radical (unpaired) electrons. The van der Waals surface area contributed by atoms with Gasteiger partial charge in [0.1, 0.15) is 17.3 Å². The van der Waals surface area contributed by atoms with E-state index in [1.165, 1.54) is 44.6 Å². The van der Waals surface area contributed by atoms with E-state index in [0.29, 0.717) is 6.42 Å². The van der Waals surface area contributed by atoms with Crippen LogP contribution in [0.15, 0.2) is 36.0 Å². The van der Waals surface area contributed by atoms with Crippen LogP contribution in [-0.2, 0) is 19.1 Å². The number of fused-ring (bicyclic) bond motifs is 7. The molecule has 0 aromatic carbocycles. The zero-order valence-electron chi connectivity index (χ0n) is 25.8. The van der Waals surface area contributed by atoms with Crippen LogP contribution >= 0.6 is 0 Å². The van der Waals surface area contributed by atoms with Gasteiger partial charge in [0, 0.05) is 29.2 Å². The van der Waals surface area contributed by atoms with Crippen LogP contribution in [-0.4, -0.2) is 73.4 Å². The number of allylic oxidation sites excluding steroid dienone is 3. The predicted octanol–water partition coefficient (Wildman–Crippen LogP) is 3.95. The molecule has 42 heavy (non-hydrogen) atoms. The fourth-order valence-corrected chi connectivity index (χ4v) is 9.18. The summed E-state index contributed by atoms with van der Waals surface area (Å²) in [6.45, 7) is 8.99. The Balaban J connectivity index is 1.31. The van der Waals surface area contributed by atoms with Crippen LogP contribution < -0.4 is 0 Å². The number of esters is 1. The average Bonchev–Trinajstić information content (AvgIpc) is 3.76. The number of Topliss-reactive ketones (excluding diaryl/α,β-unsaturated/α-hetero) is 1. The van der Waals surface area contributed by atoms with Gasteiger partial charge in [-0.3, -0.25) is 4.79 Å². The molecule has 1 saturated heterocycles. The molecule has 8 nitrogen and oxygen atoms in total. The van der Waals surface area contributed by atoms with Gasteiger partial charge in [0.2, 0.25) is 0 Å². The number of carbonyl (C=O) groups is 2. The summed E-state index contributed by atoms with van der Waals surface area (Å²) in [6, 6.07) is 0. The minimum Gasteiger partial charge on any atom is -0.455 e. The minimum atomic E-state index is -2.32. The first kappa shape index (κ1) is 31.6. The lowest BCUT2D eigenvalue weighted by atomic mass is 9.59. The summed E-state index contributed by atoms with van der Waals surface area (Å²) in [4.78, 5) is 26.3. The lowest BCUT2D eigenvalue weighted by molar-refractivity contribution is -0.214. The van der Waals surface area contributed by atoms with Crippen molar-refractivity contribution < 1.29 is 39.5 Å². The van der Waals surface area contributed by atoms with E-state index in [-0.39, 0.29) is 11.5 Å². The van der Waals surface area contributed by atoms with Gasteiger partial charge in [-0.15, -0.1) is 0 Å². The Bertz CT molecular complexity index is 1170. The standard InChI is InChI=1S/C34H50O8/c1-6-7-8-9-10-11-12-13-14-15-16-17-24(36)41-32-19-22(3)33(39)23-18-21(2)27(37)34(23,40)29(38)31(20-35)28(42-31)25(33)26(32)30(32,4)5/h14-18,22-23,25-26,28-29,35,38-40H,6-13,19-20H2,1-5H3/t22-,23+,25-,26-,28+,29-,31+,32+,33+,34-/m1/s1. The number of carbonyl (C=O) groups excluding carboxylic acids is 2. The summed E-state index contributed by atoms with van der Waals surface area (Å²) in [5.74, 6) is -3.78. The van der Waals surface area contributed by atoms with Gasteiger partial charge in [0.15, 0.2) is 11.4 Å². The first-order valence-corrected chi connectivity index (χ1v) is 16.0. The molecule has 4 N–H and O–H groups in total. The van der Waals surface area contributed by atoms with Gasteiger partial charge in [0.05, 0.1) is 18.3 Å². The predicted molar refractivity (Wildman–Crippen MR) is 157 cm³/mol. The molecule has 0 spiro atoms. The van der Waals surface area contributed by atoms with Crippen LogP contribution in [0.2, 0.25) is 0 Å². The first-order chi connectivity index (χ1) is 19.8. The maximum atomic E-state index is 13.2. The van der Waals surface area contributed by atoms with Crippen molar-refractivity contribution in [2.24, 2.45) is 29.1 Å². The van der Waals surface area contributed by atoms with E-state index in [2.05, 4.69) is 13.0 Å². The molecule has 4 fully saturated rings. The smallest absolute Gasteiger partial charge is 0.331 e. The molecule has 0 aromatic rings. The second-order valence-electron chi connectivity index (χ2n) is 14.3. The third-order valence-electron chi connectivity index (χ3n) is 11.7. The molecule has 8 heteroatoms. The number of aliphatic hydroxyl groups excluding tert-OH is 2. The van der Waals surface area contributed by atoms with Crippen molar-refractivity contribution in [3.05, 3.63) is 36.0 Å². The Morgan fingerprint density at radius 1 is 1.12 bits per heavy atom. The molecular formula is C34H50O8. The van der Waals surface area contributed by atoms with Crippen LogP contribution in [0.1, 0.15) is 92.4 Å². The molecule has 0 amide bonds. The molecule has 1 heterocycles. The van der Waals surface area contributed by atoms with Crippen molar-refractivity contribution in [1.29, 1.82) is 0 Å². The molecule has 4 aliphatic carbocycles. The average molecular weight is 587 g/mol. The zero-order chi connectivity index (χ0) is 30.7. The Labute approximate surface area is 249 Å². The summed E-state index contributed by atoms with van der Waals surface area (Å²) in [7, 11) is 0. The van der Waals surface area contributed by atoms with Crippen LogP contribution in [0.4, 0.5) is 0 Å². The Hall–Kier alpha value is -1.84. The van der Waals surface area contributed by atoms with Crippen molar-refractivity contribution in [3.63, 3.8) is 0 Å². The monoisotopic (exact) mass is 586 g/mol. The normalized spacial score (nSPS) is 44.7. The van der Waals surface area contributed by atoms with Crippen molar-refractivity contribution in [2.75, 3.05) is 6.61 Å². The second kappa shape index (κ2) is 11.0.